The molecule has 0 bridgehead atoms. The summed E-state index contributed by atoms with van der Waals surface area (Å²) in [7, 11) is 0. The van der Waals surface area contributed by atoms with Crippen LogP contribution in [0, 0.1) is 11.8 Å². The smallest absolute Gasteiger partial charge is 0.224 e. The molecule has 1 aliphatic rings. The van der Waals surface area contributed by atoms with Crippen molar-refractivity contribution in [2.75, 3.05) is 13.1 Å². The van der Waals surface area contributed by atoms with E-state index >= 15 is 0 Å². The summed E-state index contributed by atoms with van der Waals surface area (Å²) in [5.74, 6) is 0.715. The van der Waals surface area contributed by atoms with Crippen molar-refractivity contribution in [2.45, 2.75) is 26.3 Å². The Morgan fingerprint density at radius 2 is 2.53 bits per heavy atom. The summed E-state index contributed by atoms with van der Waals surface area (Å²) in [6.45, 7) is 5.99. The lowest BCUT2D eigenvalue weighted by molar-refractivity contribution is -0.127. The van der Waals surface area contributed by atoms with Gasteiger partial charge in [0, 0.05) is 17.5 Å². The first kappa shape index (κ1) is 12.5. The van der Waals surface area contributed by atoms with E-state index in [0.29, 0.717) is 5.92 Å². The molecule has 5 heteroatoms. The summed E-state index contributed by atoms with van der Waals surface area (Å²) in [5.41, 5.74) is 0. The highest BCUT2D eigenvalue weighted by Crippen LogP contribution is 2.21. The monoisotopic (exact) mass is 253 g/mol. The van der Waals surface area contributed by atoms with E-state index in [1.807, 2.05) is 12.3 Å². The second-order valence-corrected chi connectivity index (χ2v) is 5.60. The van der Waals surface area contributed by atoms with Crippen LogP contribution in [0.1, 0.15) is 31.3 Å². The first-order chi connectivity index (χ1) is 8.18. The molecular weight excluding hydrogens is 234 g/mol. The van der Waals surface area contributed by atoms with Crippen LogP contribution in [0.25, 0.3) is 0 Å². The van der Waals surface area contributed by atoms with E-state index < -0.39 is 0 Å². The number of aromatic nitrogens is 1. The predicted molar refractivity (Wildman–Crippen MR) is 68.8 cm³/mol. The van der Waals surface area contributed by atoms with Crippen molar-refractivity contribution in [1.82, 2.24) is 15.6 Å². The highest BCUT2D eigenvalue weighted by atomic mass is 32.1. The van der Waals surface area contributed by atoms with Crippen LogP contribution < -0.4 is 10.6 Å². The fourth-order valence-electron chi connectivity index (χ4n) is 2.23. The molecule has 1 fully saturated rings. The van der Waals surface area contributed by atoms with E-state index in [-0.39, 0.29) is 17.9 Å². The second-order valence-electron chi connectivity index (χ2n) is 4.68. The number of piperidine rings is 1. The van der Waals surface area contributed by atoms with Crippen LogP contribution in [-0.4, -0.2) is 24.0 Å². The maximum absolute atomic E-state index is 12.2. The Kier molecular flexibility index (Phi) is 4.12. The summed E-state index contributed by atoms with van der Waals surface area (Å²) in [6, 6.07) is 0.0181. The summed E-state index contributed by atoms with van der Waals surface area (Å²) in [4.78, 5) is 16.4. The molecule has 1 saturated heterocycles. The summed E-state index contributed by atoms with van der Waals surface area (Å²) >= 11 is 1.58. The van der Waals surface area contributed by atoms with Crippen molar-refractivity contribution < 1.29 is 4.79 Å². The molecule has 1 aromatic heterocycles. The van der Waals surface area contributed by atoms with Gasteiger partial charge in [-0.2, -0.15) is 0 Å². The minimum atomic E-state index is 0.0181. The zero-order chi connectivity index (χ0) is 12.3. The van der Waals surface area contributed by atoms with Crippen LogP contribution >= 0.6 is 11.3 Å². The Bertz CT molecular complexity index is 366. The molecule has 0 saturated carbocycles. The fraction of sp³-hybridized carbons (Fsp3) is 0.667. The van der Waals surface area contributed by atoms with Gasteiger partial charge in [-0.25, -0.2) is 4.98 Å². The topological polar surface area (TPSA) is 54.0 Å². The van der Waals surface area contributed by atoms with Crippen LogP contribution in [-0.2, 0) is 4.79 Å². The zero-order valence-corrected chi connectivity index (χ0v) is 11.1. The number of nitrogens with one attached hydrogen (secondary N) is 2. The molecule has 1 aliphatic heterocycles. The van der Waals surface area contributed by atoms with Crippen molar-refractivity contribution in [1.29, 1.82) is 0 Å². The van der Waals surface area contributed by atoms with Gasteiger partial charge in [-0.1, -0.05) is 6.92 Å². The average molecular weight is 253 g/mol. The molecule has 94 valence electrons. The standard InChI is InChI=1S/C12H19N3OS/c1-8-7-13-4-3-10(8)11(16)15-9(2)12-14-5-6-17-12/h5-6,8-10,13H,3-4,7H2,1-2H3,(H,15,16). The SMILES string of the molecule is CC(NC(=O)C1CCNCC1C)c1nccs1. The second kappa shape index (κ2) is 5.60. The number of thiazole rings is 1. The van der Waals surface area contributed by atoms with Crippen LogP contribution in [0.2, 0.25) is 0 Å². The highest BCUT2D eigenvalue weighted by molar-refractivity contribution is 7.09. The number of hydrogen-bond acceptors (Lipinski definition) is 4. The lowest BCUT2D eigenvalue weighted by Gasteiger charge is -2.29. The van der Waals surface area contributed by atoms with Crippen LogP contribution in [0.4, 0.5) is 0 Å². The first-order valence-electron chi connectivity index (χ1n) is 6.09. The Hall–Kier alpha value is -0.940. The molecule has 0 aliphatic carbocycles. The molecule has 3 unspecified atom stereocenters. The summed E-state index contributed by atoms with van der Waals surface area (Å²) < 4.78 is 0. The van der Waals surface area contributed by atoms with Crippen LogP contribution in [0.15, 0.2) is 11.6 Å². The third kappa shape index (κ3) is 3.04. The third-order valence-electron chi connectivity index (χ3n) is 3.30. The van der Waals surface area contributed by atoms with E-state index in [2.05, 4.69) is 22.5 Å². The molecule has 1 aromatic rings. The van der Waals surface area contributed by atoms with Crippen LogP contribution in [0.5, 0.6) is 0 Å². The number of nitrogens with zero attached hydrogens (tertiary/aromatic N) is 1. The predicted octanol–water partition coefficient (Wildman–Crippen LogP) is 1.57. The van der Waals surface area contributed by atoms with E-state index in [4.69, 9.17) is 0 Å². The molecule has 4 nitrogen and oxygen atoms in total. The molecule has 0 radical (unpaired) electrons. The molecule has 0 aromatic carbocycles. The molecular formula is C12H19N3OS. The van der Waals surface area contributed by atoms with E-state index in [0.717, 1.165) is 24.5 Å². The van der Waals surface area contributed by atoms with Gasteiger partial charge in [0.25, 0.3) is 0 Å². The highest BCUT2D eigenvalue weighted by Gasteiger charge is 2.28. The quantitative estimate of drug-likeness (QED) is 0.859. The number of carbonyl (C=O) groups is 1. The first-order valence-corrected chi connectivity index (χ1v) is 6.97. The fourth-order valence-corrected chi connectivity index (χ4v) is 2.88. The lowest BCUT2D eigenvalue weighted by Crippen LogP contribution is -2.44. The van der Waals surface area contributed by atoms with Crippen molar-refractivity contribution in [2.24, 2.45) is 11.8 Å². The molecule has 3 atom stereocenters. The van der Waals surface area contributed by atoms with Crippen molar-refractivity contribution in [3.8, 4) is 0 Å². The minimum Gasteiger partial charge on any atom is -0.347 e. The van der Waals surface area contributed by atoms with E-state index in [9.17, 15) is 4.79 Å². The maximum Gasteiger partial charge on any atom is 0.224 e. The summed E-state index contributed by atoms with van der Waals surface area (Å²) in [5, 5.41) is 9.28. The normalized spacial score (nSPS) is 26.5. The lowest BCUT2D eigenvalue weighted by atomic mass is 9.87. The molecule has 1 amide bonds. The Balaban J connectivity index is 1.92. The molecule has 2 rings (SSSR count). The van der Waals surface area contributed by atoms with E-state index in [1.54, 1.807) is 17.5 Å². The van der Waals surface area contributed by atoms with Gasteiger partial charge in [0.15, 0.2) is 0 Å². The van der Waals surface area contributed by atoms with Gasteiger partial charge in [-0.05, 0) is 32.4 Å². The number of amides is 1. The van der Waals surface area contributed by atoms with Crippen molar-refractivity contribution >= 4 is 17.2 Å². The van der Waals surface area contributed by atoms with Gasteiger partial charge in [0.05, 0.1) is 6.04 Å². The maximum atomic E-state index is 12.2. The van der Waals surface area contributed by atoms with Gasteiger partial charge >= 0.3 is 0 Å². The number of carbonyl (C=O) groups excluding carboxylic acids is 1. The van der Waals surface area contributed by atoms with Gasteiger partial charge in [-0.15, -0.1) is 11.3 Å². The molecule has 2 heterocycles. The Morgan fingerprint density at radius 3 is 3.18 bits per heavy atom. The van der Waals surface area contributed by atoms with Crippen LogP contribution in [0.3, 0.4) is 0 Å². The van der Waals surface area contributed by atoms with Crippen molar-refractivity contribution in [3.05, 3.63) is 16.6 Å². The number of rotatable bonds is 3. The third-order valence-corrected chi connectivity index (χ3v) is 4.26. The van der Waals surface area contributed by atoms with Gasteiger partial charge in [-0.3, -0.25) is 4.79 Å². The van der Waals surface area contributed by atoms with Crippen molar-refractivity contribution in [3.63, 3.8) is 0 Å². The van der Waals surface area contributed by atoms with E-state index in [1.165, 1.54) is 0 Å². The Labute approximate surface area is 106 Å². The largest absolute Gasteiger partial charge is 0.347 e. The zero-order valence-electron chi connectivity index (χ0n) is 10.3. The minimum absolute atomic E-state index is 0.0181. The van der Waals surface area contributed by atoms with Gasteiger partial charge in [0.1, 0.15) is 5.01 Å². The molecule has 17 heavy (non-hydrogen) atoms. The summed E-state index contributed by atoms with van der Waals surface area (Å²) in [6.07, 6.45) is 2.70. The number of hydrogen-bond donors (Lipinski definition) is 2. The molecule has 2 N–H and O–H groups in total. The molecule has 0 spiro atoms. The average Bonchev–Trinajstić information content (AvgIpc) is 2.82. The Morgan fingerprint density at radius 1 is 1.71 bits per heavy atom. The van der Waals surface area contributed by atoms with Gasteiger partial charge < -0.3 is 10.6 Å². The van der Waals surface area contributed by atoms with Gasteiger partial charge in [0.2, 0.25) is 5.91 Å².